The topological polar surface area (TPSA) is 120 Å². The number of aliphatic carboxylic acids is 1. The summed E-state index contributed by atoms with van der Waals surface area (Å²) in [4.78, 5) is 38.3. The Bertz CT molecular complexity index is 870. The number of nitrogens with one attached hydrogen (secondary N) is 2. The third kappa shape index (κ3) is 7.09. The number of rotatable bonds is 7. The summed E-state index contributed by atoms with van der Waals surface area (Å²) in [6.07, 6.45) is -1.82. The number of carbonyl (C=O) groups excluding carboxylic acids is 3. The number of hydrogen-bond donors (Lipinski definition) is 3. The molecular weight excluding hydrogens is 453 g/mol. The van der Waals surface area contributed by atoms with Gasteiger partial charge in [-0.15, -0.1) is 0 Å². The van der Waals surface area contributed by atoms with Gasteiger partial charge in [0.25, 0.3) is 0 Å². The van der Waals surface area contributed by atoms with E-state index < -0.39 is 23.7 Å². The van der Waals surface area contributed by atoms with Crippen LogP contribution in [-0.2, 0) is 15.8 Å². The molecule has 2 aliphatic heterocycles. The van der Waals surface area contributed by atoms with E-state index in [4.69, 9.17) is 5.73 Å². The molecule has 1 aromatic rings. The Morgan fingerprint density at radius 1 is 1.09 bits per heavy atom. The number of nitrogens with zero attached hydrogens (tertiary/aromatic N) is 1. The van der Waals surface area contributed by atoms with Gasteiger partial charge >= 0.3 is 12.2 Å². The minimum Gasteiger partial charge on any atom is -0.550 e. The van der Waals surface area contributed by atoms with E-state index in [9.17, 15) is 32.7 Å². The van der Waals surface area contributed by atoms with Crippen LogP contribution in [0.15, 0.2) is 24.3 Å². The molecule has 3 amide bonds. The van der Waals surface area contributed by atoms with Gasteiger partial charge in [-0.1, -0.05) is 0 Å². The van der Waals surface area contributed by atoms with Gasteiger partial charge in [-0.2, -0.15) is 13.2 Å². The number of alkyl halides is 3. The first-order chi connectivity index (χ1) is 16.0. The number of quaternary nitrogens is 1. The van der Waals surface area contributed by atoms with Gasteiger partial charge in [-0.05, 0) is 48.9 Å². The standard InChI is InChI=1S/C23H31F3N4O4/c24-23(25,26)18-1-3-19(4-2-18)28-22(34)30-12-8-16(13-20(31)32)17(14-30)7-11-29-9-5-15(6-10-29)21(27)33/h1-4,15-17H,5-14H2,(H2,27,33)(H,28,34)(H,31,32)/t16-,17-/m0/s1. The molecular formula is C23H31F3N4O4. The zero-order chi connectivity index (χ0) is 24.9. The number of primary amides is 1. The van der Waals surface area contributed by atoms with Crippen LogP contribution in [0, 0.1) is 17.8 Å². The lowest BCUT2D eigenvalue weighted by Gasteiger charge is -2.39. The Balaban J connectivity index is 1.57. The molecule has 11 heteroatoms. The van der Waals surface area contributed by atoms with Gasteiger partial charge in [0.05, 0.1) is 25.2 Å². The highest BCUT2D eigenvalue weighted by atomic mass is 19.4. The van der Waals surface area contributed by atoms with Crippen LogP contribution in [0.25, 0.3) is 0 Å². The van der Waals surface area contributed by atoms with Gasteiger partial charge in [-0.25, -0.2) is 4.79 Å². The summed E-state index contributed by atoms with van der Waals surface area (Å²) in [7, 11) is 0. The van der Waals surface area contributed by atoms with Crippen LogP contribution in [-0.4, -0.2) is 55.5 Å². The lowest BCUT2D eigenvalue weighted by molar-refractivity contribution is -0.906. The number of halogens is 3. The van der Waals surface area contributed by atoms with E-state index in [-0.39, 0.29) is 35.8 Å². The van der Waals surface area contributed by atoms with Crippen molar-refractivity contribution in [2.24, 2.45) is 23.5 Å². The molecule has 0 radical (unpaired) electrons. The summed E-state index contributed by atoms with van der Waals surface area (Å²) < 4.78 is 38.2. The molecule has 8 nitrogen and oxygen atoms in total. The van der Waals surface area contributed by atoms with Crippen LogP contribution < -0.4 is 21.1 Å². The first-order valence-electron chi connectivity index (χ1n) is 11.6. The molecule has 0 bridgehead atoms. The largest absolute Gasteiger partial charge is 0.550 e. The lowest BCUT2D eigenvalue weighted by atomic mass is 9.81. The average molecular weight is 485 g/mol. The van der Waals surface area contributed by atoms with Gasteiger partial charge in [0.1, 0.15) is 0 Å². The lowest BCUT2D eigenvalue weighted by Crippen LogP contribution is -3.13. The van der Waals surface area contributed by atoms with Crippen molar-refractivity contribution in [3.8, 4) is 0 Å². The third-order valence-electron chi connectivity index (χ3n) is 7.03. The maximum absolute atomic E-state index is 12.7. The van der Waals surface area contributed by atoms with Crippen molar-refractivity contribution in [3.05, 3.63) is 29.8 Å². The number of carbonyl (C=O) groups is 3. The fourth-order valence-electron chi connectivity index (χ4n) is 4.97. The van der Waals surface area contributed by atoms with E-state index >= 15 is 0 Å². The number of amides is 3. The highest BCUT2D eigenvalue weighted by Gasteiger charge is 2.34. The summed E-state index contributed by atoms with van der Waals surface area (Å²) in [5.41, 5.74) is 4.85. The maximum atomic E-state index is 12.7. The van der Waals surface area contributed by atoms with Crippen molar-refractivity contribution in [3.63, 3.8) is 0 Å². The molecule has 2 heterocycles. The predicted octanol–water partition coefficient (Wildman–Crippen LogP) is 0.486. The van der Waals surface area contributed by atoms with Crippen molar-refractivity contribution >= 4 is 23.6 Å². The van der Waals surface area contributed by atoms with E-state index in [0.29, 0.717) is 19.5 Å². The SMILES string of the molecule is NC(=O)C1CC[NH+](CC[C@H]2CN(C(=O)Nc3ccc(C(F)(F)F)cc3)CC[C@H]2CC(=O)[O-])CC1. The number of carboxylic acids is 1. The van der Waals surface area contributed by atoms with Crippen LogP contribution in [0.4, 0.5) is 23.7 Å². The Kier molecular flexibility index (Phi) is 8.40. The van der Waals surface area contributed by atoms with Crippen molar-refractivity contribution in [2.75, 3.05) is 38.0 Å². The predicted molar refractivity (Wildman–Crippen MR) is 115 cm³/mol. The van der Waals surface area contributed by atoms with Gasteiger partial charge < -0.3 is 30.8 Å². The molecule has 0 aromatic heterocycles. The second-order valence-corrected chi connectivity index (χ2v) is 9.30. The number of hydrogen-bond acceptors (Lipinski definition) is 4. The molecule has 188 valence electrons. The molecule has 0 saturated carbocycles. The number of likely N-dealkylation sites (tertiary alicyclic amines) is 2. The molecule has 0 spiro atoms. The maximum Gasteiger partial charge on any atom is 0.416 e. The smallest absolute Gasteiger partial charge is 0.416 e. The summed E-state index contributed by atoms with van der Waals surface area (Å²) in [5.74, 6) is -1.62. The Morgan fingerprint density at radius 3 is 2.29 bits per heavy atom. The van der Waals surface area contributed by atoms with Crippen LogP contribution in [0.2, 0.25) is 0 Å². The van der Waals surface area contributed by atoms with Crippen LogP contribution >= 0.6 is 0 Å². The third-order valence-corrected chi connectivity index (χ3v) is 7.03. The summed E-state index contributed by atoms with van der Waals surface area (Å²) >= 11 is 0. The molecule has 2 saturated heterocycles. The molecule has 3 rings (SSSR count). The highest BCUT2D eigenvalue weighted by molar-refractivity contribution is 5.89. The van der Waals surface area contributed by atoms with E-state index in [1.165, 1.54) is 17.0 Å². The van der Waals surface area contributed by atoms with Crippen molar-refractivity contribution in [2.45, 2.75) is 38.3 Å². The second kappa shape index (κ2) is 11.1. The number of carboxylic acid groups (broad SMARTS) is 1. The second-order valence-electron chi connectivity index (χ2n) is 9.30. The summed E-state index contributed by atoms with van der Waals surface area (Å²) in [6, 6.07) is 3.81. The van der Waals surface area contributed by atoms with Gasteiger partial charge in [0.2, 0.25) is 5.91 Å². The molecule has 2 fully saturated rings. The summed E-state index contributed by atoms with van der Waals surface area (Å²) in [6.45, 7) is 3.17. The van der Waals surface area contributed by atoms with Crippen molar-refractivity contribution in [1.82, 2.24) is 4.90 Å². The van der Waals surface area contributed by atoms with Gasteiger partial charge in [0.15, 0.2) is 0 Å². The minimum absolute atomic E-state index is 0.0358. The molecule has 0 unspecified atom stereocenters. The van der Waals surface area contributed by atoms with E-state index in [2.05, 4.69) is 5.32 Å². The number of urea groups is 1. The first kappa shape index (κ1) is 25.8. The molecule has 4 N–H and O–H groups in total. The molecule has 1 aromatic carbocycles. The Morgan fingerprint density at radius 2 is 1.74 bits per heavy atom. The molecule has 0 aliphatic carbocycles. The van der Waals surface area contributed by atoms with Crippen LogP contribution in [0.1, 0.15) is 37.7 Å². The number of piperidine rings is 2. The molecule has 2 atom stereocenters. The highest BCUT2D eigenvalue weighted by Crippen LogP contribution is 2.31. The minimum atomic E-state index is -4.45. The normalized spacial score (nSPS) is 25.6. The number of benzene rings is 1. The van der Waals surface area contributed by atoms with E-state index in [0.717, 1.165) is 51.0 Å². The number of nitrogens with two attached hydrogens (primary N) is 1. The van der Waals surface area contributed by atoms with Gasteiger partial charge in [0, 0.05) is 49.9 Å². The molecule has 2 aliphatic rings. The van der Waals surface area contributed by atoms with Crippen LogP contribution in [0.3, 0.4) is 0 Å². The van der Waals surface area contributed by atoms with Gasteiger partial charge in [-0.3, -0.25) is 4.79 Å². The fourth-order valence-corrected chi connectivity index (χ4v) is 4.97. The van der Waals surface area contributed by atoms with Crippen LogP contribution in [0.5, 0.6) is 0 Å². The zero-order valence-electron chi connectivity index (χ0n) is 18.9. The van der Waals surface area contributed by atoms with E-state index in [1.807, 2.05) is 0 Å². The monoisotopic (exact) mass is 484 g/mol. The first-order valence-corrected chi connectivity index (χ1v) is 11.6. The van der Waals surface area contributed by atoms with Crippen molar-refractivity contribution < 1.29 is 37.6 Å². The Labute approximate surface area is 196 Å². The fraction of sp³-hybridized carbons (Fsp3) is 0.609. The average Bonchev–Trinajstić information content (AvgIpc) is 2.78. The van der Waals surface area contributed by atoms with E-state index in [1.54, 1.807) is 4.90 Å². The number of anilines is 1. The zero-order valence-corrected chi connectivity index (χ0v) is 18.9. The molecule has 34 heavy (non-hydrogen) atoms. The van der Waals surface area contributed by atoms with Crippen molar-refractivity contribution in [1.29, 1.82) is 0 Å². The quantitative estimate of drug-likeness (QED) is 0.522. The summed E-state index contributed by atoms with van der Waals surface area (Å²) in [5, 5.41) is 13.9. The Hall–Kier alpha value is -2.82.